The first-order chi connectivity index (χ1) is 9.70. The fraction of sp³-hybridized carbons (Fsp3) is 0.231. The normalized spacial score (nSPS) is 19.6. The molecule has 2 aromatic rings. The van der Waals surface area contributed by atoms with Gasteiger partial charge >= 0.3 is 0 Å². The van der Waals surface area contributed by atoms with Crippen LogP contribution in [0, 0.1) is 0 Å². The number of fused-ring (bicyclic) bond motifs is 2. The maximum absolute atomic E-state index is 11.8. The first kappa shape index (κ1) is 11.5. The number of hydrogen-bond donors (Lipinski definition) is 2. The minimum absolute atomic E-state index is 0.0388. The van der Waals surface area contributed by atoms with Gasteiger partial charge in [-0.25, -0.2) is 4.98 Å². The minimum Gasteiger partial charge on any atom is -0.454 e. The summed E-state index contributed by atoms with van der Waals surface area (Å²) < 4.78 is 10.7. The van der Waals surface area contributed by atoms with Gasteiger partial charge in [0, 0.05) is 12.3 Å². The van der Waals surface area contributed by atoms with Crippen molar-refractivity contribution < 1.29 is 14.3 Å². The van der Waals surface area contributed by atoms with Gasteiger partial charge in [-0.1, -0.05) is 17.4 Å². The third-order valence-corrected chi connectivity index (χ3v) is 4.43. The van der Waals surface area contributed by atoms with Crippen LogP contribution in [0.4, 0.5) is 10.9 Å². The molecule has 1 atom stereocenters. The average Bonchev–Trinajstić information content (AvgIpc) is 3.01. The van der Waals surface area contributed by atoms with Gasteiger partial charge in [-0.05, 0) is 17.7 Å². The van der Waals surface area contributed by atoms with Gasteiger partial charge in [0.2, 0.25) is 12.7 Å². The number of nitrogens with one attached hydrogen (secondary N) is 1. The summed E-state index contributed by atoms with van der Waals surface area (Å²) in [6, 6.07) is 5.75. The molecule has 2 aliphatic rings. The lowest BCUT2D eigenvalue weighted by atomic mass is 9.91. The lowest BCUT2D eigenvalue weighted by Gasteiger charge is -2.21. The number of ether oxygens (including phenoxy) is 2. The quantitative estimate of drug-likeness (QED) is 0.837. The van der Waals surface area contributed by atoms with Crippen LogP contribution < -0.4 is 20.5 Å². The van der Waals surface area contributed by atoms with Gasteiger partial charge in [0.1, 0.15) is 5.82 Å². The van der Waals surface area contributed by atoms with E-state index in [2.05, 4.69) is 10.3 Å². The highest BCUT2D eigenvalue weighted by atomic mass is 32.1. The molecule has 4 rings (SSSR count). The Balaban J connectivity index is 1.80. The standard InChI is InChI=1S/C13H11N3O3S/c14-13-16-12-11(20-13)7(4-10(17)15-12)6-1-2-8-9(3-6)19-5-18-8/h1-3,7H,4-5H2,(H2,14,16)(H,15,17)/t7-/m0/s1. The molecule has 2 aliphatic heterocycles. The van der Waals surface area contributed by atoms with Gasteiger partial charge in [0.25, 0.3) is 0 Å². The predicted molar refractivity (Wildman–Crippen MR) is 74.2 cm³/mol. The van der Waals surface area contributed by atoms with Gasteiger partial charge in [0.15, 0.2) is 16.6 Å². The molecule has 6 nitrogen and oxygen atoms in total. The van der Waals surface area contributed by atoms with E-state index in [0.29, 0.717) is 23.1 Å². The highest BCUT2D eigenvalue weighted by molar-refractivity contribution is 7.16. The molecule has 0 unspecified atom stereocenters. The van der Waals surface area contributed by atoms with Crippen molar-refractivity contribution in [1.82, 2.24) is 4.98 Å². The Labute approximate surface area is 118 Å². The maximum Gasteiger partial charge on any atom is 0.231 e. The number of thiazole rings is 1. The number of carbonyl (C=O) groups excluding carboxylic acids is 1. The fourth-order valence-electron chi connectivity index (χ4n) is 2.54. The Morgan fingerprint density at radius 2 is 2.20 bits per heavy atom. The van der Waals surface area contributed by atoms with Crippen molar-refractivity contribution in [3.63, 3.8) is 0 Å². The molecule has 0 aliphatic carbocycles. The van der Waals surface area contributed by atoms with E-state index < -0.39 is 0 Å². The third-order valence-electron chi connectivity index (χ3n) is 3.43. The Kier molecular flexibility index (Phi) is 2.37. The number of amides is 1. The summed E-state index contributed by atoms with van der Waals surface area (Å²) in [4.78, 5) is 17.0. The van der Waals surface area contributed by atoms with Crippen LogP contribution in [0.1, 0.15) is 22.8 Å². The molecule has 20 heavy (non-hydrogen) atoms. The molecule has 0 spiro atoms. The Morgan fingerprint density at radius 1 is 1.35 bits per heavy atom. The van der Waals surface area contributed by atoms with Gasteiger partial charge in [0.05, 0.1) is 4.88 Å². The van der Waals surface area contributed by atoms with Crippen molar-refractivity contribution in [2.45, 2.75) is 12.3 Å². The molecule has 0 radical (unpaired) electrons. The number of nitrogens with two attached hydrogens (primary N) is 1. The summed E-state index contributed by atoms with van der Waals surface area (Å²) in [6.07, 6.45) is 0.383. The van der Waals surface area contributed by atoms with Crippen LogP contribution in [0.15, 0.2) is 18.2 Å². The molecule has 102 valence electrons. The zero-order valence-electron chi connectivity index (χ0n) is 10.4. The van der Waals surface area contributed by atoms with Crippen molar-refractivity contribution in [2.75, 3.05) is 17.8 Å². The molecule has 0 fully saturated rings. The summed E-state index contributed by atoms with van der Waals surface area (Å²) in [5.74, 6) is 1.94. The molecule has 1 aromatic heterocycles. The lowest BCUT2D eigenvalue weighted by Crippen LogP contribution is -2.22. The molecule has 1 amide bonds. The summed E-state index contributed by atoms with van der Waals surface area (Å²) in [5.41, 5.74) is 6.75. The molecule has 0 bridgehead atoms. The van der Waals surface area contributed by atoms with Crippen LogP contribution in [0.2, 0.25) is 0 Å². The van der Waals surface area contributed by atoms with E-state index in [1.165, 1.54) is 11.3 Å². The highest BCUT2D eigenvalue weighted by Crippen LogP contribution is 2.44. The number of hydrogen-bond acceptors (Lipinski definition) is 6. The second kappa shape index (κ2) is 4.11. The number of nitrogens with zero attached hydrogens (tertiary/aromatic N) is 1. The van der Waals surface area contributed by atoms with E-state index in [1.807, 2.05) is 18.2 Å². The van der Waals surface area contributed by atoms with E-state index in [-0.39, 0.29) is 18.6 Å². The monoisotopic (exact) mass is 289 g/mol. The van der Waals surface area contributed by atoms with Gasteiger partial charge in [-0.2, -0.15) is 0 Å². The molecule has 7 heteroatoms. The molecule has 0 saturated heterocycles. The smallest absolute Gasteiger partial charge is 0.231 e. The zero-order chi connectivity index (χ0) is 13.7. The van der Waals surface area contributed by atoms with Gasteiger partial charge in [-0.15, -0.1) is 0 Å². The number of aromatic nitrogens is 1. The van der Waals surface area contributed by atoms with Crippen LogP contribution in [0.5, 0.6) is 11.5 Å². The largest absolute Gasteiger partial charge is 0.454 e. The zero-order valence-corrected chi connectivity index (χ0v) is 11.2. The number of carbonyl (C=O) groups is 1. The first-order valence-corrected chi connectivity index (χ1v) is 6.98. The average molecular weight is 289 g/mol. The number of nitrogen functional groups attached to an aromatic ring is 1. The summed E-state index contributed by atoms with van der Waals surface area (Å²) in [5, 5.41) is 3.22. The van der Waals surface area contributed by atoms with Crippen molar-refractivity contribution in [3.05, 3.63) is 28.6 Å². The van der Waals surface area contributed by atoms with Crippen LogP contribution in [0.25, 0.3) is 0 Å². The van der Waals surface area contributed by atoms with Crippen molar-refractivity contribution in [3.8, 4) is 11.5 Å². The molecule has 3 N–H and O–H groups in total. The predicted octanol–water partition coefficient (Wildman–Crippen LogP) is 1.93. The highest BCUT2D eigenvalue weighted by Gasteiger charge is 2.31. The molecule has 1 aromatic carbocycles. The third kappa shape index (κ3) is 1.70. The van der Waals surface area contributed by atoms with E-state index in [0.717, 1.165) is 16.2 Å². The van der Waals surface area contributed by atoms with E-state index >= 15 is 0 Å². The van der Waals surface area contributed by atoms with Gasteiger partial charge in [-0.3, -0.25) is 4.79 Å². The summed E-state index contributed by atoms with van der Waals surface area (Å²) >= 11 is 1.41. The second-order valence-corrected chi connectivity index (χ2v) is 5.74. The van der Waals surface area contributed by atoms with Crippen LogP contribution >= 0.6 is 11.3 Å². The number of rotatable bonds is 1. The minimum atomic E-state index is -0.0505. The van der Waals surface area contributed by atoms with Crippen LogP contribution in [-0.4, -0.2) is 17.7 Å². The van der Waals surface area contributed by atoms with E-state index in [9.17, 15) is 4.79 Å². The maximum atomic E-state index is 11.8. The van der Waals surface area contributed by atoms with Crippen molar-refractivity contribution >= 4 is 28.2 Å². The van der Waals surface area contributed by atoms with Crippen LogP contribution in [-0.2, 0) is 4.79 Å². The molecular weight excluding hydrogens is 278 g/mol. The second-order valence-electron chi connectivity index (χ2n) is 4.68. The Morgan fingerprint density at radius 3 is 3.10 bits per heavy atom. The number of benzene rings is 1. The number of anilines is 2. The molecule has 0 saturated carbocycles. The molecule has 3 heterocycles. The Hall–Kier alpha value is -2.28. The fourth-order valence-corrected chi connectivity index (χ4v) is 3.45. The molecular formula is C13H11N3O3S. The summed E-state index contributed by atoms with van der Waals surface area (Å²) in [7, 11) is 0. The Bertz CT molecular complexity index is 713. The van der Waals surface area contributed by atoms with Crippen molar-refractivity contribution in [2.24, 2.45) is 0 Å². The van der Waals surface area contributed by atoms with Crippen LogP contribution in [0.3, 0.4) is 0 Å². The van der Waals surface area contributed by atoms with Crippen molar-refractivity contribution in [1.29, 1.82) is 0 Å². The first-order valence-electron chi connectivity index (χ1n) is 6.16. The van der Waals surface area contributed by atoms with Gasteiger partial charge < -0.3 is 20.5 Å². The topological polar surface area (TPSA) is 86.5 Å². The van der Waals surface area contributed by atoms with E-state index in [1.54, 1.807) is 0 Å². The SMILES string of the molecule is Nc1nc2c(s1)[C@H](c1ccc3c(c1)OCO3)CC(=O)N2. The summed E-state index contributed by atoms with van der Waals surface area (Å²) in [6.45, 7) is 0.239. The van der Waals surface area contributed by atoms with E-state index in [4.69, 9.17) is 15.2 Å². The lowest BCUT2D eigenvalue weighted by molar-refractivity contribution is -0.116.